The number of anilines is 1. The van der Waals surface area contributed by atoms with Crippen LogP contribution in [0.1, 0.15) is 53.8 Å². The molecule has 7 heteroatoms. The highest BCUT2D eigenvalue weighted by atomic mass is 32.1. The predicted molar refractivity (Wildman–Crippen MR) is 92.0 cm³/mol. The standard InChI is InChI=1S/C16H19N5OS/c1-4-10(5-2)15-20-21-16(23-15)19-14(22)11-6-7-12-13(8-11)18-9(3)17-12/h6-8,10H,4-5H2,1-3H3,(H,17,18)(H,19,21,22). The first kappa shape index (κ1) is 15.6. The second-order valence-electron chi connectivity index (χ2n) is 5.47. The molecule has 3 rings (SSSR count). The molecule has 0 atom stereocenters. The first-order chi connectivity index (χ1) is 11.1. The van der Waals surface area contributed by atoms with Crippen LogP contribution in [-0.4, -0.2) is 26.1 Å². The lowest BCUT2D eigenvalue weighted by molar-refractivity contribution is 0.102. The Morgan fingerprint density at radius 3 is 2.83 bits per heavy atom. The number of hydrogen-bond donors (Lipinski definition) is 2. The Balaban J connectivity index is 1.77. The maximum atomic E-state index is 12.4. The lowest BCUT2D eigenvalue weighted by Crippen LogP contribution is -2.11. The SMILES string of the molecule is CCC(CC)c1nnc(NC(=O)c2ccc3nc(C)[nH]c3c2)s1. The van der Waals surface area contributed by atoms with Gasteiger partial charge in [0.15, 0.2) is 0 Å². The fraction of sp³-hybridized carbons (Fsp3) is 0.375. The van der Waals surface area contributed by atoms with Gasteiger partial charge in [-0.15, -0.1) is 10.2 Å². The Kier molecular flexibility index (Phi) is 4.38. The minimum Gasteiger partial charge on any atom is -0.342 e. The molecule has 6 nitrogen and oxygen atoms in total. The van der Waals surface area contributed by atoms with E-state index in [0.717, 1.165) is 34.7 Å². The summed E-state index contributed by atoms with van der Waals surface area (Å²) in [5, 5.41) is 12.6. The van der Waals surface area contributed by atoms with Crippen molar-refractivity contribution in [1.29, 1.82) is 0 Å². The van der Waals surface area contributed by atoms with Crippen LogP contribution in [0.15, 0.2) is 18.2 Å². The largest absolute Gasteiger partial charge is 0.342 e. The summed E-state index contributed by atoms with van der Waals surface area (Å²) in [5.74, 6) is 1.05. The number of amides is 1. The van der Waals surface area contributed by atoms with Crippen LogP contribution in [0.3, 0.4) is 0 Å². The third-order valence-corrected chi connectivity index (χ3v) is 4.86. The van der Waals surface area contributed by atoms with E-state index in [1.165, 1.54) is 11.3 Å². The van der Waals surface area contributed by atoms with Crippen LogP contribution in [0.4, 0.5) is 5.13 Å². The van der Waals surface area contributed by atoms with E-state index < -0.39 is 0 Å². The Labute approximate surface area is 138 Å². The third-order valence-electron chi connectivity index (χ3n) is 3.86. The van der Waals surface area contributed by atoms with E-state index in [9.17, 15) is 4.79 Å². The van der Waals surface area contributed by atoms with Gasteiger partial charge in [-0.2, -0.15) is 0 Å². The van der Waals surface area contributed by atoms with E-state index in [1.54, 1.807) is 12.1 Å². The van der Waals surface area contributed by atoms with Gasteiger partial charge in [0.25, 0.3) is 5.91 Å². The molecule has 0 aliphatic heterocycles. The van der Waals surface area contributed by atoms with Crippen molar-refractivity contribution < 1.29 is 4.79 Å². The Morgan fingerprint density at radius 1 is 1.30 bits per heavy atom. The molecule has 0 aliphatic rings. The molecule has 0 saturated heterocycles. The van der Waals surface area contributed by atoms with Crippen molar-refractivity contribution in [2.24, 2.45) is 0 Å². The minimum atomic E-state index is -0.189. The van der Waals surface area contributed by atoms with Crippen molar-refractivity contribution in [1.82, 2.24) is 20.2 Å². The monoisotopic (exact) mass is 329 g/mol. The number of fused-ring (bicyclic) bond motifs is 1. The quantitative estimate of drug-likeness (QED) is 0.744. The summed E-state index contributed by atoms with van der Waals surface area (Å²) in [7, 11) is 0. The Bertz CT molecular complexity index is 834. The van der Waals surface area contributed by atoms with Crippen molar-refractivity contribution in [3.8, 4) is 0 Å². The van der Waals surface area contributed by atoms with Gasteiger partial charge in [0.05, 0.1) is 11.0 Å². The van der Waals surface area contributed by atoms with E-state index in [0.29, 0.717) is 16.6 Å². The molecule has 0 fully saturated rings. The second kappa shape index (κ2) is 6.45. The highest BCUT2D eigenvalue weighted by Gasteiger charge is 2.15. The molecular formula is C16H19N5OS. The zero-order valence-corrected chi connectivity index (χ0v) is 14.2. The number of hydrogen-bond acceptors (Lipinski definition) is 5. The zero-order chi connectivity index (χ0) is 16.4. The van der Waals surface area contributed by atoms with Crippen LogP contribution >= 0.6 is 11.3 Å². The maximum Gasteiger partial charge on any atom is 0.257 e. The zero-order valence-electron chi connectivity index (χ0n) is 13.4. The minimum absolute atomic E-state index is 0.189. The van der Waals surface area contributed by atoms with E-state index in [-0.39, 0.29) is 5.91 Å². The molecule has 1 aromatic carbocycles. The smallest absolute Gasteiger partial charge is 0.257 e. The number of nitrogens with zero attached hydrogens (tertiary/aromatic N) is 3. The molecule has 0 radical (unpaired) electrons. The van der Waals surface area contributed by atoms with Gasteiger partial charge in [0.1, 0.15) is 10.8 Å². The van der Waals surface area contributed by atoms with Crippen molar-refractivity contribution in [3.05, 3.63) is 34.6 Å². The molecule has 2 N–H and O–H groups in total. The molecule has 0 spiro atoms. The number of benzene rings is 1. The summed E-state index contributed by atoms with van der Waals surface area (Å²) in [6.07, 6.45) is 2.05. The van der Waals surface area contributed by atoms with Crippen LogP contribution in [0.2, 0.25) is 0 Å². The van der Waals surface area contributed by atoms with Gasteiger partial charge in [-0.05, 0) is 38.0 Å². The number of aromatic nitrogens is 4. The molecule has 0 unspecified atom stereocenters. The van der Waals surface area contributed by atoms with Crippen LogP contribution in [0, 0.1) is 6.92 Å². The van der Waals surface area contributed by atoms with Gasteiger partial charge >= 0.3 is 0 Å². The summed E-state index contributed by atoms with van der Waals surface area (Å²) in [6.45, 7) is 6.16. The van der Waals surface area contributed by atoms with Crippen molar-refractivity contribution in [2.45, 2.75) is 39.5 Å². The Hall–Kier alpha value is -2.28. The van der Waals surface area contributed by atoms with Gasteiger partial charge in [0.2, 0.25) is 5.13 Å². The molecule has 3 aromatic rings. The van der Waals surface area contributed by atoms with Crippen molar-refractivity contribution in [3.63, 3.8) is 0 Å². The third kappa shape index (κ3) is 3.24. The van der Waals surface area contributed by atoms with Crippen LogP contribution in [0.5, 0.6) is 0 Å². The number of H-pyrrole nitrogens is 1. The van der Waals surface area contributed by atoms with Crippen LogP contribution in [0.25, 0.3) is 11.0 Å². The van der Waals surface area contributed by atoms with E-state index >= 15 is 0 Å². The summed E-state index contributed by atoms with van der Waals surface area (Å²) >= 11 is 1.45. The average molecular weight is 329 g/mol. The molecule has 1 amide bonds. The second-order valence-corrected chi connectivity index (χ2v) is 6.48. The predicted octanol–water partition coefficient (Wildman–Crippen LogP) is 3.88. The number of rotatable bonds is 5. The van der Waals surface area contributed by atoms with Gasteiger partial charge < -0.3 is 4.98 Å². The molecule has 2 heterocycles. The average Bonchev–Trinajstić information content (AvgIpc) is 3.13. The fourth-order valence-corrected chi connectivity index (χ4v) is 3.54. The summed E-state index contributed by atoms with van der Waals surface area (Å²) in [5.41, 5.74) is 2.27. The van der Waals surface area contributed by atoms with Crippen LogP contribution < -0.4 is 5.32 Å². The molecule has 0 bridgehead atoms. The van der Waals surface area contributed by atoms with Crippen LogP contribution in [-0.2, 0) is 0 Å². The number of carbonyl (C=O) groups is 1. The lowest BCUT2D eigenvalue weighted by Gasteiger charge is -2.05. The Morgan fingerprint density at radius 2 is 2.09 bits per heavy atom. The normalized spacial score (nSPS) is 11.3. The lowest BCUT2D eigenvalue weighted by atomic mass is 10.1. The molecule has 2 aromatic heterocycles. The van der Waals surface area contributed by atoms with Gasteiger partial charge in [-0.25, -0.2) is 4.98 Å². The number of aromatic amines is 1. The topological polar surface area (TPSA) is 83.6 Å². The molecule has 120 valence electrons. The van der Waals surface area contributed by atoms with Gasteiger partial charge in [0, 0.05) is 11.5 Å². The maximum absolute atomic E-state index is 12.4. The first-order valence-corrected chi connectivity index (χ1v) is 8.53. The number of aryl methyl sites for hydroxylation is 1. The van der Waals surface area contributed by atoms with Crippen molar-refractivity contribution in [2.75, 3.05) is 5.32 Å². The summed E-state index contributed by atoms with van der Waals surface area (Å²) in [6, 6.07) is 5.40. The summed E-state index contributed by atoms with van der Waals surface area (Å²) < 4.78 is 0. The van der Waals surface area contributed by atoms with E-state index in [1.807, 2.05) is 13.0 Å². The number of imidazole rings is 1. The first-order valence-electron chi connectivity index (χ1n) is 7.71. The fourth-order valence-electron chi connectivity index (χ4n) is 2.54. The highest BCUT2D eigenvalue weighted by molar-refractivity contribution is 7.15. The highest BCUT2D eigenvalue weighted by Crippen LogP contribution is 2.28. The molecular weight excluding hydrogens is 310 g/mol. The molecule has 0 saturated carbocycles. The molecule has 23 heavy (non-hydrogen) atoms. The summed E-state index contributed by atoms with van der Waals surface area (Å²) in [4.78, 5) is 19.8. The van der Waals surface area contributed by atoms with E-state index in [4.69, 9.17) is 0 Å². The number of nitrogens with one attached hydrogen (secondary N) is 2. The molecule has 0 aliphatic carbocycles. The number of carbonyl (C=O) groups excluding carboxylic acids is 1. The van der Waals surface area contributed by atoms with Gasteiger partial charge in [-0.3, -0.25) is 10.1 Å². The van der Waals surface area contributed by atoms with Crippen molar-refractivity contribution >= 4 is 33.4 Å². The van der Waals surface area contributed by atoms with E-state index in [2.05, 4.69) is 39.3 Å². The van der Waals surface area contributed by atoms with Gasteiger partial charge in [-0.1, -0.05) is 25.2 Å².